The molecule has 1 aromatic carbocycles. The summed E-state index contributed by atoms with van der Waals surface area (Å²) in [6.45, 7) is 3.35. The van der Waals surface area contributed by atoms with Crippen molar-refractivity contribution in [1.29, 1.82) is 0 Å². The van der Waals surface area contributed by atoms with E-state index in [1.807, 2.05) is 0 Å². The van der Waals surface area contributed by atoms with Gasteiger partial charge in [0.15, 0.2) is 9.84 Å². The number of halogens is 1. The van der Waals surface area contributed by atoms with Crippen LogP contribution in [0.2, 0.25) is 0 Å². The molecule has 0 radical (unpaired) electrons. The quantitative estimate of drug-likeness (QED) is 0.821. The summed E-state index contributed by atoms with van der Waals surface area (Å²) >= 11 is 3.31. The van der Waals surface area contributed by atoms with Gasteiger partial charge in [0.1, 0.15) is 0 Å². The summed E-state index contributed by atoms with van der Waals surface area (Å²) in [5.74, 6) is -0.0915. The lowest BCUT2D eigenvalue weighted by molar-refractivity contribution is 0.0757. The summed E-state index contributed by atoms with van der Waals surface area (Å²) in [6.07, 6.45) is 0. The number of rotatable bonds is 5. The van der Waals surface area contributed by atoms with Crippen LogP contribution in [0.25, 0.3) is 0 Å². The van der Waals surface area contributed by atoms with Gasteiger partial charge in [-0.25, -0.2) is 8.42 Å². The highest BCUT2D eigenvalue weighted by Crippen LogP contribution is 2.13. The minimum absolute atomic E-state index is 0.0116. The Kier molecular flexibility index (Phi) is 5.55. The van der Waals surface area contributed by atoms with Crippen LogP contribution in [-0.2, 0) is 9.84 Å². The van der Waals surface area contributed by atoms with Gasteiger partial charge in [-0.2, -0.15) is 0 Å². The topological polar surface area (TPSA) is 54.5 Å². The number of nitrogens with zero attached hydrogens (tertiary/aromatic N) is 1. The zero-order chi connectivity index (χ0) is 14.6. The van der Waals surface area contributed by atoms with Crippen LogP contribution in [0.5, 0.6) is 0 Å². The molecule has 106 valence electrons. The highest BCUT2D eigenvalue weighted by molar-refractivity contribution is 9.10. The molecule has 0 aliphatic heterocycles. The molecule has 1 rings (SSSR count). The fourth-order valence-electron chi connectivity index (χ4n) is 1.59. The molecule has 19 heavy (non-hydrogen) atoms. The van der Waals surface area contributed by atoms with E-state index in [1.54, 1.807) is 45.2 Å². The largest absolute Gasteiger partial charge is 0.338 e. The van der Waals surface area contributed by atoms with Crippen LogP contribution in [0.1, 0.15) is 24.2 Å². The molecule has 0 saturated carbocycles. The van der Waals surface area contributed by atoms with Crippen molar-refractivity contribution < 1.29 is 13.2 Å². The van der Waals surface area contributed by atoms with Crippen molar-refractivity contribution >= 4 is 31.7 Å². The molecule has 1 aromatic rings. The zero-order valence-corrected chi connectivity index (χ0v) is 13.7. The Bertz CT molecular complexity index is 540. The van der Waals surface area contributed by atoms with Crippen LogP contribution < -0.4 is 0 Å². The van der Waals surface area contributed by atoms with E-state index in [1.165, 1.54) is 4.90 Å². The van der Waals surface area contributed by atoms with Crippen molar-refractivity contribution in [2.24, 2.45) is 0 Å². The molecule has 0 aliphatic carbocycles. The van der Waals surface area contributed by atoms with E-state index in [2.05, 4.69) is 15.9 Å². The molecule has 0 aliphatic rings. The summed E-state index contributed by atoms with van der Waals surface area (Å²) in [5.41, 5.74) is 0.548. The second-order valence-electron chi connectivity index (χ2n) is 4.47. The van der Waals surface area contributed by atoms with Gasteiger partial charge in [0, 0.05) is 28.9 Å². The van der Waals surface area contributed by atoms with E-state index in [0.29, 0.717) is 5.56 Å². The zero-order valence-electron chi connectivity index (χ0n) is 11.3. The third-order valence-electron chi connectivity index (χ3n) is 3.01. The lowest BCUT2D eigenvalue weighted by atomic mass is 10.2. The summed E-state index contributed by atoms with van der Waals surface area (Å²) in [7, 11) is -1.46. The number of sulfone groups is 1. The molecule has 0 spiro atoms. The Balaban J connectivity index is 2.79. The summed E-state index contributed by atoms with van der Waals surface area (Å²) in [6, 6.07) is 6.65. The van der Waals surface area contributed by atoms with Crippen molar-refractivity contribution in [3.8, 4) is 0 Å². The Labute approximate surface area is 122 Å². The molecule has 0 saturated heterocycles. The fraction of sp³-hybridized carbons (Fsp3) is 0.462. The summed E-state index contributed by atoms with van der Waals surface area (Å²) in [4.78, 5) is 13.7. The number of amides is 1. The second kappa shape index (κ2) is 6.52. The Morgan fingerprint density at radius 2 is 1.84 bits per heavy atom. The first kappa shape index (κ1) is 16.2. The number of hydrogen-bond donors (Lipinski definition) is 0. The number of benzene rings is 1. The van der Waals surface area contributed by atoms with Gasteiger partial charge >= 0.3 is 0 Å². The van der Waals surface area contributed by atoms with Crippen molar-refractivity contribution in [1.82, 2.24) is 4.90 Å². The van der Waals surface area contributed by atoms with Gasteiger partial charge in [-0.05, 0) is 31.2 Å². The molecule has 1 unspecified atom stereocenters. The van der Waals surface area contributed by atoms with E-state index < -0.39 is 9.84 Å². The maximum absolute atomic E-state index is 12.2. The van der Waals surface area contributed by atoms with E-state index in [-0.39, 0.29) is 23.5 Å². The SMILES string of the molecule is CCS(=O)(=O)CC(C)N(C)C(=O)c1ccc(Br)cc1. The molecule has 4 nitrogen and oxygen atoms in total. The van der Waals surface area contributed by atoms with Crippen molar-refractivity contribution in [2.45, 2.75) is 19.9 Å². The first-order valence-electron chi connectivity index (χ1n) is 6.00. The Morgan fingerprint density at radius 1 is 1.32 bits per heavy atom. The summed E-state index contributed by atoms with van der Waals surface area (Å²) < 4.78 is 24.0. The maximum Gasteiger partial charge on any atom is 0.253 e. The molecule has 0 bridgehead atoms. The van der Waals surface area contributed by atoms with Gasteiger partial charge < -0.3 is 4.90 Å². The lowest BCUT2D eigenvalue weighted by Crippen LogP contribution is -2.39. The molecule has 0 fully saturated rings. The first-order chi connectivity index (χ1) is 8.76. The van der Waals surface area contributed by atoms with Gasteiger partial charge in [-0.1, -0.05) is 22.9 Å². The highest BCUT2D eigenvalue weighted by atomic mass is 79.9. The standard InChI is InChI=1S/C13H18BrNO3S/c1-4-19(17,18)9-10(2)15(3)13(16)11-5-7-12(14)8-6-11/h5-8,10H,4,9H2,1-3H3. The normalized spacial score (nSPS) is 13.1. The van der Waals surface area contributed by atoms with Gasteiger partial charge in [0.25, 0.3) is 5.91 Å². The van der Waals surface area contributed by atoms with Crippen LogP contribution in [0.4, 0.5) is 0 Å². The second-order valence-corrected chi connectivity index (χ2v) is 7.78. The number of hydrogen-bond acceptors (Lipinski definition) is 3. The van der Waals surface area contributed by atoms with Gasteiger partial charge in [0.2, 0.25) is 0 Å². The highest BCUT2D eigenvalue weighted by Gasteiger charge is 2.22. The minimum Gasteiger partial charge on any atom is -0.338 e. The smallest absolute Gasteiger partial charge is 0.253 e. The van der Waals surface area contributed by atoms with Crippen molar-refractivity contribution in [2.75, 3.05) is 18.6 Å². The van der Waals surface area contributed by atoms with E-state index in [4.69, 9.17) is 0 Å². The molecule has 0 N–H and O–H groups in total. The average molecular weight is 348 g/mol. The van der Waals surface area contributed by atoms with Gasteiger partial charge in [-0.15, -0.1) is 0 Å². The van der Waals surface area contributed by atoms with E-state index >= 15 is 0 Å². The lowest BCUT2D eigenvalue weighted by Gasteiger charge is -2.24. The third-order valence-corrected chi connectivity index (χ3v) is 5.41. The predicted molar refractivity (Wildman–Crippen MR) is 80.0 cm³/mol. The Hall–Kier alpha value is -0.880. The molecule has 6 heteroatoms. The maximum atomic E-state index is 12.2. The van der Waals surface area contributed by atoms with E-state index in [9.17, 15) is 13.2 Å². The number of carbonyl (C=O) groups is 1. The van der Waals surface area contributed by atoms with Gasteiger partial charge in [-0.3, -0.25) is 4.79 Å². The molecular weight excluding hydrogens is 330 g/mol. The molecule has 1 amide bonds. The van der Waals surface area contributed by atoms with E-state index in [0.717, 1.165) is 4.47 Å². The van der Waals surface area contributed by atoms with Crippen molar-refractivity contribution in [3.63, 3.8) is 0 Å². The molecule has 0 heterocycles. The monoisotopic (exact) mass is 347 g/mol. The number of carbonyl (C=O) groups excluding carboxylic acids is 1. The molecule has 1 atom stereocenters. The molecule has 0 aromatic heterocycles. The first-order valence-corrected chi connectivity index (χ1v) is 8.61. The van der Waals surface area contributed by atoms with Crippen LogP contribution in [0, 0.1) is 0 Å². The van der Waals surface area contributed by atoms with Crippen LogP contribution in [0.3, 0.4) is 0 Å². The summed E-state index contributed by atoms with van der Waals surface area (Å²) in [5, 5.41) is 0. The Morgan fingerprint density at radius 3 is 2.32 bits per heavy atom. The van der Waals surface area contributed by atoms with Crippen LogP contribution in [0.15, 0.2) is 28.7 Å². The predicted octanol–water partition coefficient (Wildman–Crippen LogP) is 2.34. The average Bonchev–Trinajstić information content (AvgIpc) is 2.37. The van der Waals surface area contributed by atoms with Crippen LogP contribution in [-0.4, -0.2) is 43.8 Å². The van der Waals surface area contributed by atoms with Gasteiger partial charge in [0.05, 0.1) is 5.75 Å². The van der Waals surface area contributed by atoms with Crippen molar-refractivity contribution in [3.05, 3.63) is 34.3 Å². The van der Waals surface area contributed by atoms with Crippen LogP contribution >= 0.6 is 15.9 Å². The fourth-order valence-corrected chi connectivity index (χ4v) is 3.05. The minimum atomic E-state index is -3.09. The molecular formula is C13H18BrNO3S. The third kappa shape index (κ3) is 4.62.